The van der Waals surface area contributed by atoms with E-state index in [9.17, 15) is 9.59 Å². The fraction of sp³-hybridized carbons (Fsp3) is 0.273. The van der Waals surface area contributed by atoms with Gasteiger partial charge in [0.05, 0.1) is 0 Å². The summed E-state index contributed by atoms with van der Waals surface area (Å²) in [6, 6.07) is 12.2. The third-order valence-corrected chi connectivity index (χ3v) is 6.34. The number of fused-ring (bicyclic) bond motifs is 6. The molecular weight excluding hydrogens is 348 g/mol. The maximum absolute atomic E-state index is 13.2. The predicted molar refractivity (Wildman–Crippen MR) is 99.0 cm³/mol. The summed E-state index contributed by atoms with van der Waals surface area (Å²) in [7, 11) is 0. The second-order valence-electron chi connectivity index (χ2n) is 7.73. The molecule has 0 spiro atoms. The van der Waals surface area contributed by atoms with E-state index >= 15 is 0 Å². The van der Waals surface area contributed by atoms with Crippen LogP contribution in [-0.4, -0.2) is 11.6 Å². The molecular formula is C22H17ClO3. The lowest BCUT2D eigenvalue weighted by atomic mass is 9.65. The van der Waals surface area contributed by atoms with E-state index in [0.29, 0.717) is 27.6 Å². The van der Waals surface area contributed by atoms with Gasteiger partial charge in [-0.05, 0) is 60.2 Å². The first-order valence-electron chi connectivity index (χ1n) is 8.81. The Balaban J connectivity index is 1.53. The fourth-order valence-electron chi connectivity index (χ4n) is 4.92. The van der Waals surface area contributed by atoms with Crippen LogP contribution < -0.4 is 4.74 Å². The van der Waals surface area contributed by atoms with E-state index in [1.807, 2.05) is 0 Å². The molecule has 3 aliphatic carbocycles. The number of ketones is 2. The smallest absolute Gasteiger partial charge is 0.168 e. The van der Waals surface area contributed by atoms with Gasteiger partial charge in [0.25, 0.3) is 0 Å². The topological polar surface area (TPSA) is 43.4 Å². The first kappa shape index (κ1) is 15.8. The van der Waals surface area contributed by atoms with Crippen molar-refractivity contribution in [3.8, 4) is 11.5 Å². The molecule has 2 aromatic rings. The zero-order valence-corrected chi connectivity index (χ0v) is 15.0. The van der Waals surface area contributed by atoms with Crippen molar-refractivity contribution in [1.29, 1.82) is 0 Å². The Hall–Kier alpha value is -2.39. The molecule has 1 saturated carbocycles. The van der Waals surface area contributed by atoms with Crippen molar-refractivity contribution >= 4 is 23.2 Å². The Bertz CT molecular complexity index is 975. The number of benzene rings is 2. The van der Waals surface area contributed by atoms with Crippen molar-refractivity contribution in [2.75, 3.05) is 0 Å². The van der Waals surface area contributed by atoms with Gasteiger partial charge in [-0.3, -0.25) is 9.59 Å². The summed E-state index contributed by atoms with van der Waals surface area (Å²) in [5.74, 6) is 1.08. The van der Waals surface area contributed by atoms with Crippen molar-refractivity contribution in [3.05, 3.63) is 70.8 Å². The number of rotatable bonds is 2. The molecule has 0 saturated heterocycles. The van der Waals surface area contributed by atoms with Gasteiger partial charge in [-0.15, -0.1) is 0 Å². The first-order chi connectivity index (χ1) is 12.5. The number of hydrogen-bond donors (Lipinski definition) is 0. The highest BCUT2D eigenvalue weighted by Crippen LogP contribution is 2.59. The van der Waals surface area contributed by atoms with E-state index in [1.165, 1.54) is 0 Å². The van der Waals surface area contributed by atoms with Gasteiger partial charge < -0.3 is 4.74 Å². The number of carbonyl (C=O) groups is 2. The van der Waals surface area contributed by atoms with E-state index in [-0.39, 0.29) is 34.7 Å². The fourth-order valence-corrected chi connectivity index (χ4v) is 5.05. The van der Waals surface area contributed by atoms with Crippen LogP contribution in [0, 0.1) is 23.2 Å². The molecule has 26 heavy (non-hydrogen) atoms. The van der Waals surface area contributed by atoms with Crippen LogP contribution in [0.25, 0.3) is 0 Å². The number of allylic oxidation sites excluding steroid dienone is 2. The predicted octanol–water partition coefficient (Wildman–Crippen LogP) is 5.34. The first-order valence-corrected chi connectivity index (χ1v) is 9.19. The molecule has 0 aromatic heterocycles. The summed E-state index contributed by atoms with van der Waals surface area (Å²) >= 11 is 5.90. The highest BCUT2D eigenvalue weighted by molar-refractivity contribution is 6.30. The lowest BCUT2D eigenvalue weighted by Crippen LogP contribution is -2.42. The van der Waals surface area contributed by atoms with Gasteiger partial charge in [-0.2, -0.15) is 0 Å². The molecule has 2 aromatic carbocycles. The maximum atomic E-state index is 13.2. The van der Waals surface area contributed by atoms with Gasteiger partial charge >= 0.3 is 0 Å². The average molecular weight is 365 g/mol. The molecule has 0 amide bonds. The van der Waals surface area contributed by atoms with E-state index in [4.69, 9.17) is 16.3 Å². The average Bonchev–Trinajstić information content (AvgIpc) is 3.15. The van der Waals surface area contributed by atoms with Gasteiger partial charge in [-0.25, -0.2) is 0 Å². The number of Topliss-reactive ketones (excluding diaryl/α,β-unsaturated/α-hetero) is 2. The van der Waals surface area contributed by atoms with Crippen molar-refractivity contribution in [1.82, 2.24) is 0 Å². The maximum Gasteiger partial charge on any atom is 0.168 e. The summed E-state index contributed by atoms with van der Waals surface area (Å²) < 4.78 is 5.84. The number of ether oxygens (including phenoxy) is 1. The monoisotopic (exact) mass is 364 g/mol. The van der Waals surface area contributed by atoms with Gasteiger partial charge in [0.15, 0.2) is 11.6 Å². The lowest BCUT2D eigenvalue weighted by molar-refractivity contribution is 0.0676. The Labute approximate surface area is 156 Å². The minimum atomic E-state index is -0.226. The Morgan fingerprint density at radius 2 is 1.73 bits per heavy atom. The van der Waals surface area contributed by atoms with Gasteiger partial charge in [0, 0.05) is 28.0 Å². The number of halogens is 1. The SMILES string of the molecule is CC12C=CC(C1)C1C(=O)c3cc(Oc4ccc(Cl)cc4)ccc3C(=O)C12. The molecule has 3 aliphatic rings. The van der Waals surface area contributed by atoms with E-state index < -0.39 is 0 Å². The summed E-state index contributed by atoms with van der Waals surface area (Å²) in [5.41, 5.74) is 0.840. The van der Waals surface area contributed by atoms with Gasteiger partial charge in [0.2, 0.25) is 0 Å². The van der Waals surface area contributed by atoms with Crippen LogP contribution in [0.3, 0.4) is 0 Å². The van der Waals surface area contributed by atoms with Crippen LogP contribution in [0.1, 0.15) is 34.1 Å². The van der Waals surface area contributed by atoms with Gasteiger partial charge in [-0.1, -0.05) is 30.7 Å². The third-order valence-electron chi connectivity index (χ3n) is 6.09. The molecule has 0 radical (unpaired) electrons. The molecule has 4 heteroatoms. The molecule has 5 rings (SSSR count). The second kappa shape index (κ2) is 5.31. The highest BCUT2D eigenvalue weighted by Gasteiger charge is 2.60. The van der Waals surface area contributed by atoms with E-state index in [0.717, 1.165) is 6.42 Å². The number of hydrogen-bond acceptors (Lipinski definition) is 3. The molecule has 1 fully saturated rings. The minimum absolute atomic E-state index is 0.0734. The van der Waals surface area contributed by atoms with Crippen LogP contribution in [0.5, 0.6) is 11.5 Å². The Kier molecular flexibility index (Phi) is 3.23. The lowest BCUT2D eigenvalue weighted by Gasteiger charge is -2.36. The van der Waals surface area contributed by atoms with Crippen LogP contribution in [-0.2, 0) is 0 Å². The van der Waals surface area contributed by atoms with Crippen LogP contribution in [0.4, 0.5) is 0 Å². The molecule has 0 aliphatic heterocycles. The van der Waals surface area contributed by atoms with Crippen molar-refractivity contribution in [2.24, 2.45) is 23.2 Å². The van der Waals surface area contributed by atoms with Crippen LogP contribution in [0.15, 0.2) is 54.6 Å². The Morgan fingerprint density at radius 3 is 2.50 bits per heavy atom. The van der Waals surface area contributed by atoms with E-state index in [1.54, 1.807) is 42.5 Å². The van der Waals surface area contributed by atoms with Crippen molar-refractivity contribution in [3.63, 3.8) is 0 Å². The standard InChI is InChI=1S/C22H17ClO3/c1-22-9-8-12(11-22)18-19(22)21(25)16-7-6-15(10-17(16)20(18)24)26-14-4-2-13(23)3-5-14/h2-10,12,18-19H,11H2,1H3. The summed E-state index contributed by atoms with van der Waals surface area (Å²) in [6.07, 6.45) is 5.14. The third kappa shape index (κ3) is 2.13. The Morgan fingerprint density at radius 1 is 1.00 bits per heavy atom. The van der Waals surface area contributed by atoms with Crippen molar-refractivity contribution in [2.45, 2.75) is 13.3 Å². The molecule has 4 unspecified atom stereocenters. The minimum Gasteiger partial charge on any atom is -0.457 e. The van der Waals surface area contributed by atoms with E-state index in [2.05, 4.69) is 19.1 Å². The second-order valence-corrected chi connectivity index (χ2v) is 8.16. The molecule has 3 nitrogen and oxygen atoms in total. The zero-order chi connectivity index (χ0) is 18.1. The van der Waals surface area contributed by atoms with Crippen LogP contribution in [0.2, 0.25) is 5.02 Å². The molecule has 2 bridgehead atoms. The summed E-state index contributed by atoms with van der Waals surface area (Å²) in [5, 5.41) is 0.632. The van der Waals surface area contributed by atoms with Crippen molar-refractivity contribution < 1.29 is 14.3 Å². The number of carbonyl (C=O) groups excluding carboxylic acids is 2. The summed E-state index contributed by atoms with van der Waals surface area (Å²) in [6.45, 7) is 2.10. The zero-order valence-electron chi connectivity index (χ0n) is 14.2. The molecule has 0 heterocycles. The largest absolute Gasteiger partial charge is 0.457 e. The summed E-state index contributed by atoms with van der Waals surface area (Å²) in [4.78, 5) is 26.3. The van der Waals surface area contributed by atoms with Crippen LogP contribution >= 0.6 is 11.6 Å². The molecule has 130 valence electrons. The highest BCUT2D eigenvalue weighted by atomic mass is 35.5. The molecule has 0 N–H and O–H groups in total. The van der Waals surface area contributed by atoms with Gasteiger partial charge in [0.1, 0.15) is 11.5 Å². The normalized spacial score (nSPS) is 31.1. The quantitative estimate of drug-likeness (QED) is 0.675. The molecule has 4 atom stereocenters.